The Morgan fingerprint density at radius 1 is 1.37 bits per heavy atom. The predicted octanol–water partition coefficient (Wildman–Crippen LogP) is 2.32. The summed E-state index contributed by atoms with van der Waals surface area (Å²) in [6, 6.07) is 9.61. The molecule has 4 heteroatoms. The standard InChI is InChI=1S/C15H18N2O2/c1-10-8-12(6-7-19-10)17-14(16)9-11-4-2-3-5-13(11)15(17)18/h2-5,9-10,12H,6-8,16H2,1H3. The van der Waals surface area contributed by atoms with Crippen LogP contribution in [0.2, 0.25) is 0 Å². The van der Waals surface area contributed by atoms with Crippen molar-refractivity contribution in [2.24, 2.45) is 0 Å². The zero-order chi connectivity index (χ0) is 13.4. The first-order chi connectivity index (χ1) is 9.16. The Balaban J connectivity index is 2.15. The van der Waals surface area contributed by atoms with Gasteiger partial charge in [-0.25, -0.2) is 0 Å². The van der Waals surface area contributed by atoms with Crippen molar-refractivity contribution >= 4 is 16.6 Å². The van der Waals surface area contributed by atoms with Crippen LogP contribution in [0.15, 0.2) is 35.1 Å². The lowest BCUT2D eigenvalue weighted by atomic mass is 10.0. The highest BCUT2D eigenvalue weighted by Crippen LogP contribution is 2.27. The molecule has 19 heavy (non-hydrogen) atoms. The van der Waals surface area contributed by atoms with Gasteiger partial charge in [0.2, 0.25) is 0 Å². The highest BCUT2D eigenvalue weighted by Gasteiger charge is 2.23. The van der Waals surface area contributed by atoms with Crippen molar-refractivity contribution in [1.29, 1.82) is 0 Å². The molecule has 2 heterocycles. The normalized spacial score (nSPS) is 23.6. The van der Waals surface area contributed by atoms with Crippen molar-refractivity contribution in [3.8, 4) is 0 Å². The van der Waals surface area contributed by atoms with Gasteiger partial charge in [-0.3, -0.25) is 9.36 Å². The van der Waals surface area contributed by atoms with Crippen LogP contribution >= 0.6 is 0 Å². The van der Waals surface area contributed by atoms with Gasteiger partial charge < -0.3 is 10.5 Å². The van der Waals surface area contributed by atoms with E-state index in [4.69, 9.17) is 10.5 Å². The minimum atomic E-state index is 0.00898. The van der Waals surface area contributed by atoms with E-state index < -0.39 is 0 Å². The highest BCUT2D eigenvalue weighted by molar-refractivity contribution is 5.83. The minimum Gasteiger partial charge on any atom is -0.385 e. The zero-order valence-corrected chi connectivity index (χ0v) is 11.0. The number of hydrogen-bond donors (Lipinski definition) is 1. The maximum Gasteiger partial charge on any atom is 0.260 e. The molecular formula is C15H18N2O2. The number of nitrogens with zero attached hydrogens (tertiary/aromatic N) is 1. The van der Waals surface area contributed by atoms with E-state index in [1.807, 2.05) is 37.3 Å². The lowest BCUT2D eigenvalue weighted by molar-refractivity contribution is 0.00583. The molecule has 4 nitrogen and oxygen atoms in total. The molecule has 100 valence electrons. The number of benzene rings is 1. The molecule has 1 aliphatic heterocycles. The van der Waals surface area contributed by atoms with Crippen LogP contribution < -0.4 is 11.3 Å². The first kappa shape index (κ1) is 12.2. The van der Waals surface area contributed by atoms with E-state index in [-0.39, 0.29) is 17.7 Å². The monoisotopic (exact) mass is 258 g/mol. The fourth-order valence-electron chi connectivity index (χ4n) is 2.88. The van der Waals surface area contributed by atoms with Crippen LogP contribution in [0.1, 0.15) is 25.8 Å². The summed E-state index contributed by atoms with van der Waals surface area (Å²) >= 11 is 0. The quantitative estimate of drug-likeness (QED) is 0.854. The van der Waals surface area contributed by atoms with Crippen LogP contribution in [0.25, 0.3) is 10.8 Å². The van der Waals surface area contributed by atoms with E-state index in [0.29, 0.717) is 12.4 Å². The molecule has 0 amide bonds. The summed E-state index contributed by atoms with van der Waals surface area (Å²) < 4.78 is 7.28. The summed E-state index contributed by atoms with van der Waals surface area (Å²) in [7, 11) is 0. The summed E-state index contributed by atoms with van der Waals surface area (Å²) in [6.07, 6.45) is 1.85. The number of ether oxygens (including phenoxy) is 1. The number of nitrogens with two attached hydrogens (primary N) is 1. The van der Waals surface area contributed by atoms with Crippen LogP contribution in [0, 0.1) is 0 Å². The topological polar surface area (TPSA) is 57.2 Å². The first-order valence-corrected chi connectivity index (χ1v) is 6.68. The Hall–Kier alpha value is -1.81. The molecule has 0 aliphatic carbocycles. The van der Waals surface area contributed by atoms with Crippen LogP contribution in [-0.4, -0.2) is 17.3 Å². The molecule has 0 saturated carbocycles. The van der Waals surface area contributed by atoms with Crippen LogP contribution in [-0.2, 0) is 4.74 Å². The first-order valence-electron chi connectivity index (χ1n) is 6.68. The molecule has 2 N–H and O–H groups in total. The minimum absolute atomic E-state index is 0.00898. The number of anilines is 1. The van der Waals surface area contributed by atoms with E-state index in [0.717, 1.165) is 23.6 Å². The van der Waals surface area contributed by atoms with Gasteiger partial charge in [-0.15, -0.1) is 0 Å². The molecule has 3 rings (SSSR count). The Labute approximate surface area is 111 Å². The highest BCUT2D eigenvalue weighted by atomic mass is 16.5. The molecular weight excluding hydrogens is 240 g/mol. The summed E-state index contributed by atoms with van der Waals surface area (Å²) in [4.78, 5) is 12.6. The van der Waals surface area contributed by atoms with E-state index in [2.05, 4.69) is 0 Å². The Bertz CT molecular complexity index is 663. The molecule has 1 aromatic heterocycles. The maximum absolute atomic E-state index is 12.6. The van der Waals surface area contributed by atoms with E-state index in [1.54, 1.807) is 4.57 Å². The van der Waals surface area contributed by atoms with Crippen molar-refractivity contribution in [2.45, 2.75) is 31.9 Å². The molecule has 0 radical (unpaired) electrons. The Morgan fingerprint density at radius 2 is 2.16 bits per heavy atom. The number of fused-ring (bicyclic) bond motifs is 1. The molecule has 1 saturated heterocycles. The van der Waals surface area contributed by atoms with Crippen molar-refractivity contribution in [3.05, 3.63) is 40.7 Å². The summed E-state index contributed by atoms with van der Waals surface area (Å²) in [6.45, 7) is 2.72. The van der Waals surface area contributed by atoms with Gasteiger partial charge in [0.25, 0.3) is 5.56 Å². The summed E-state index contributed by atoms with van der Waals surface area (Å²) in [5.41, 5.74) is 6.09. The lowest BCUT2D eigenvalue weighted by Gasteiger charge is -2.30. The van der Waals surface area contributed by atoms with E-state index in [1.165, 1.54) is 0 Å². The molecule has 2 aromatic rings. The summed E-state index contributed by atoms with van der Waals surface area (Å²) in [5.74, 6) is 0.544. The van der Waals surface area contributed by atoms with Gasteiger partial charge in [-0.2, -0.15) is 0 Å². The van der Waals surface area contributed by atoms with Gasteiger partial charge in [-0.1, -0.05) is 18.2 Å². The second-order valence-corrected chi connectivity index (χ2v) is 5.19. The number of nitrogen functional groups attached to an aromatic ring is 1. The van der Waals surface area contributed by atoms with Gasteiger partial charge in [0.1, 0.15) is 5.82 Å². The Kier molecular flexibility index (Phi) is 3.03. The van der Waals surface area contributed by atoms with E-state index >= 15 is 0 Å². The molecule has 1 aliphatic rings. The molecule has 1 fully saturated rings. The third-order valence-corrected chi connectivity index (χ3v) is 3.81. The fraction of sp³-hybridized carbons (Fsp3) is 0.400. The smallest absolute Gasteiger partial charge is 0.260 e. The van der Waals surface area contributed by atoms with Gasteiger partial charge in [0, 0.05) is 18.0 Å². The average Bonchev–Trinajstić information content (AvgIpc) is 2.39. The van der Waals surface area contributed by atoms with Crippen LogP contribution in [0.3, 0.4) is 0 Å². The van der Waals surface area contributed by atoms with Crippen LogP contribution in [0.5, 0.6) is 0 Å². The second-order valence-electron chi connectivity index (χ2n) is 5.19. The fourth-order valence-corrected chi connectivity index (χ4v) is 2.88. The number of rotatable bonds is 1. The van der Waals surface area contributed by atoms with Crippen molar-refractivity contribution < 1.29 is 4.74 Å². The second kappa shape index (κ2) is 4.70. The SMILES string of the molecule is CC1CC(n2c(N)cc3ccccc3c2=O)CCO1. The van der Waals surface area contributed by atoms with Gasteiger partial charge in [-0.05, 0) is 37.3 Å². The molecule has 1 aromatic carbocycles. The number of aromatic nitrogens is 1. The number of pyridine rings is 1. The molecule has 0 spiro atoms. The maximum atomic E-state index is 12.6. The van der Waals surface area contributed by atoms with Gasteiger partial charge >= 0.3 is 0 Å². The largest absolute Gasteiger partial charge is 0.385 e. The summed E-state index contributed by atoms with van der Waals surface area (Å²) in [5, 5.41) is 1.64. The molecule has 2 unspecified atom stereocenters. The predicted molar refractivity (Wildman–Crippen MR) is 76.3 cm³/mol. The molecule has 2 atom stereocenters. The van der Waals surface area contributed by atoms with Gasteiger partial charge in [0.15, 0.2) is 0 Å². The third-order valence-electron chi connectivity index (χ3n) is 3.81. The zero-order valence-electron chi connectivity index (χ0n) is 11.0. The van der Waals surface area contributed by atoms with Gasteiger partial charge in [0.05, 0.1) is 6.10 Å². The van der Waals surface area contributed by atoms with Crippen molar-refractivity contribution in [1.82, 2.24) is 4.57 Å². The molecule has 0 bridgehead atoms. The Morgan fingerprint density at radius 3 is 2.95 bits per heavy atom. The lowest BCUT2D eigenvalue weighted by Crippen LogP contribution is -2.33. The van der Waals surface area contributed by atoms with Crippen molar-refractivity contribution in [2.75, 3.05) is 12.3 Å². The van der Waals surface area contributed by atoms with Crippen molar-refractivity contribution in [3.63, 3.8) is 0 Å². The van der Waals surface area contributed by atoms with Crippen LogP contribution in [0.4, 0.5) is 5.82 Å². The third kappa shape index (κ3) is 2.12. The van der Waals surface area contributed by atoms with E-state index in [9.17, 15) is 4.79 Å². The number of hydrogen-bond acceptors (Lipinski definition) is 3. The average molecular weight is 258 g/mol.